The number of alkyl halides is 1. The molecule has 1 rings (SSSR count). The molecule has 0 aromatic heterocycles. The van der Waals surface area contributed by atoms with E-state index >= 15 is 0 Å². The minimum Gasteiger partial charge on any atom is -0.398 e. The summed E-state index contributed by atoms with van der Waals surface area (Å²) in [5.74, 6) is -0.452. The van der Waals surface area contributed by atoms with Crippen molar-refractivity contribution in [2.24, 2.45) is 0 Å². The van der Waals surface area contributed by atoms with Crippen molar-refractivity contribution >= 4 is 46.3 Å². The summed E-state index contributed by atoms with van der Waals surface area (Å²) in [6.45, 7) is 0. The van der Waals surface area contributed by atoms with Gasteiger partial charge < -0.3 is 5.73 Å². The zero-order chi connectivity index (χ0) is 10.0. The highest BCUT2D eigenvalue weighted by atomic mass is 35.5. The molecule has 0 unspecified atom stereocenters. The van der Waals surface area contributed by atoms with Gasteiger partial charge in [-0.1, -0.05) is 23.2 Å². The Hall–Kier alpha value is -0.440. The van der Waals surface area contributed by atoms with Crippen molar-refractivity contribution < 1.29 is 4.79 Å². The number of halogens is 3. The monoisotopic (exact) mass is 237 g/mol. The minimum absolute atomic E-state index is 0.147. The molecule has 0 aliphatic carbocycles. The van der Waals surface area contributed by atoms with E-state index in [0.717, 1.165) is 0 Å². The number of anilines is 1. The Kier molecular flexibility index (Phi) is 3.42. The van der Waals surface area contributed by atoms with Gasteiger partial charge >= 0.3 is 0 Å². The van der Waals surface area contributed by atoms with Gasteiger partial charge in [0, 0.05) is 10.7 Å². The number of carbonyl (C=O) groups excluding carboxylic acids is 1. The zero-order valence-corrected chi connectivity index (χ0v) is 8.75. The van der Waals surface area contributed by atoms with Crippen molar-refractivity contribution in [2.75, 3.05) is 11.6 Å². The first-order valence-corrected chi connectivity index (χ1v) is 4.69. The maximum absolute atomic E-state index is 11.2. The molecule has 0 fully saturated rings. The normalized spacial score (nSPS) is 10.1. The van der Waals surface area contributed by atoms with Crippen LogP contribution in [0.2, 0.25) is 10.0 Å². The smallest absolute Gasteiger partial charge is 0.181 e. The van der Waals surface area contributed by atoms with Crippen molar-refractivity contribution in [3.8, 4) is 0 Å². The van der Waals surface area contributed by atoms with Crippen LogP contribution in [0.25, 0.3) is 0 Å². The van der Waals surface area contributed by atoms with Crippen molar-refractivity contribution in [3.63, 3.8) is 0 Å². The number of rotatable bonds is 2. The Morgan fingerprint density at radius 3 is 2.46 bits per heavy atom. The van der Waals surface area contributed by atoms with Crippen molar-refractivity contribution in [1.29, 1.82) is 0 Å². The molecular weight excluding hydrogens is 232 g/mol. The molecule has 0 spiro atoms. The minimum atomic E-state index is -0.305. The molecule has 1 aromatic rings. The van der Waals surface area contributed by atoms with Gasteiger partial charge in [0.15, 0.2) is 5.78 Å². The standard InChI is InChI=1S/C8H6Cl3NO/c9-3-7(13)8-5(11)1-4(10)2-6(8)12/h1-2H,3,12H2. The van der Waals surface area contributed by atoms with E-state index in [1.807, 2.05) is 0 Å². The van der Waals surface area contributed by atoms with Gasteiger partial charge in [0.25, 0.3) is 0 Å². The fraction of sp³-hybridized carbons (Fsp3) is 0.125. The van der Waals surface area contributed by atoms with Gasteiger partial charge in [0.2, 0.25) is 0 Å². The lowest BCUT2D eigenvalue weighted by Crippen LogP contribution is -2.05. The number of benzene rings is 1. The summed E-state index contributed by atoms with van der Waals surface area (Å²) in [5, 5.41) is 0.629. The number of nitrogen functional groups attached to an aromatic ring is 1. The van der Waals surface area contributed by atoms with Crippen LogP contribution in [0.3, 0.4) is 0 Å². The summed E-state index contributed by atoms with van der Waals surface area (Å²) in [4.78, 5) is 11.2. The molecule has 0 radical (unpaired) electrons. The van der Waals surface area contributed by atoms with Gasteiger partial charge in [0.05, 0.1) is 16.5 Å². The van der Waals surface area contributed by atoms with Crippen LogP contribution in [0.1, 0.15) is 10.4 Å². The molecule has 0 amide bonds. The highest BCUT2D eigenvalue weighted by Crippen LogP contribution is 2.27. The molecule has 0 atom stereocenters. The van der Waals surface area contributed by atoms with E-state index in [1.165, 1.54) is 12.1 Å². The van der Waals surface area contributed by atoms with Crippen LogP contribution in [-0.4, -0.2) is 11.7 Å². The summed E-state index contributed by atoms with van der Waals surface area (Å²) in [7, 11) is 0. The highest BCUT2D eigenvalue weighted by molar-refractivity contribution is 6.40. The van der Waals surface area contributed by atoms with Crippen molar-refractivity contribution in [3.05, 3.63) is 27.7 Å². The number of Topliss-reactive ketones (excluding diaryl/α,β-unsaturated/α-hetero) is 1. The van der Waals surface area contributed by atoms with Crippen LogP contribution in [0.4, 0.5) is 5.69 Å². The Morgan fingerprint density at radius 1 is 1.38 bits per heavy atom. The second-order valence-corrected chi connectivity index (χ2v) is 3.52. The molecule has 5 heteroatoms. The summed E-state index contributed by atoms with van der Waals surface area (Å²) in [6.07, 6.45) is 0. The van der Waals surface area contributed by atoms with Gasteiger partial charge in [-0.3, -0.25) is 4.79 Å². The third-order valence-corrected chi connectivity index (χ3v) is 2.24. The summed E-state index contributed by atoms with van der Waals surface area (Å²) in [5.41, 5.74) is 6.04. The number of nitrogens with two attached hydrogens (primary N) is 1. The molecule has 0 aliphatic heterocycles. The third kappa shape index (κ3) is 2.27. The number of hydrogen-bond acceptors (Lipinski definition) is 2. The van der Waals surface area contributed by atoms with Crippen molar-refractivity contribution in [1.82, 2.24) is 0 Å². The largest absolute Gasteiger partial charge is 0.398 e. The Bertz CT molecular complexity index is 328. The topological polar surface area (TPSA) is 43.1 Å². The Balaban J connectivity index is 3.28. The highest BCUT2D eigenvalue weighted by Gasteiger charge is 2.13. The third-order valence-electron chi connectivity index (χ3n) is 1.49. The molecule has 0 saturated carbocycles. The molecule has 1 aromatic carbocycles. The van der Waals surface area contributed by atoms with E-state index in [-0.39, 0.29) is 27.9 Å². The van der Waals surface area contributed by atoms with E-state index in [0.29, 0.717) is 5.02 Å². The summed E-state index contributed by atoms with van der Waals surface area (Å²) in [6, 6.07) is 2.92. The van der Waals surface area contributed by atoms with Gasteiger partial charge in [0.1, 0.15) is 0 Å². The average Bonchev–Trinajstić information content (AvgIpc) is 2.02. The predicted molar refractivity (Wildman–Crippen MR) is 55.9 cm³/mol. The first kappa shape index (κ1) is 10.6. The molecule has 0 bridgehead atoms. The van der Waals surface area contributed by atoms with Gasteiger partial charge in [-0.05, 0) is 12.1 Å². The maximum atomic E-state index is 11.2. The van der Waals surface area contributed by atoms with Crippen LogP contribution in [0.15, 0.2) is 12.1 Å². The molecule has 0 saturated heterocycles. The van der Waals surface area contributed by atoms with Crippen LogP contribution in [0, 0.1) is 0 Å². The molecule has 2 nitrogen and oxygen atoms in total. The quantitative estimate of drug-likeness (QED) is 0.489. The fourth-order valence-corrected chi connectivity index (χ4v) is 1.70. The first-order chi connectivity index (χ1) is 6.06. The molecule has 0 aliphatic rings. The van der Waals surface area contributed by atoms with E-state index in [1.54, 1.807) is 0 Å². The molecule has 70 valence electrons. The fourth-order valence-electron chi connectivity index (χ4n) is 0.954. The summed E-state index contributed by atoms with van der Waals surface area (Å²) >= 11 is 16.8. The number of carbonyl (C=O) groups is 1. The molecule has 2 N–H and O–H groups in total. The zero-order valence-electron chi connectivity index (χ0n) is 6.48. The van der Waals surface area contributed by atoms with E-state index < -0.39 is 0 Å². The number of ketones is 1. The van der Waals surface area contributed by atoms with Crippen LogP contribution >= 0.6 is 34.8 Å². The van der Waals surface area contributed by atoms with Crippen LogP contribution in [-0.2, 0) is 0 Å². The van der Waals surface area contributed by atoms with Gasteiger partial charge in [-0.15, -0.1) is 11.6 Å². The molecular formula is C8H6Cl3NO. The molecule has 0 heterocycles. The Labute approximate surface area is 90.6 Å². The maximum Gasteiger partial charge on any atom is 0.181 e. The molecule has 13 heavy (non-hydrogen) atoms. The van der Waals surface area contributed by atoms with Crippen LogP contribution < -0.4 is 5.73 Å². The van der Waals surface area contributed by atoms with Gasteiger partial charge in [-0.2, -0.15) is 0 Å². The van der Waals surface area contributed by atoms with Crippen LogP contribution in [0.5, 0.6) is 0 Å². The van der Waals surface area contributed by atoms with Crippen molar-refractivity contribution in [2.45, 2.75) is 0 Å². The lowest BCUT2D eigenvalue weighted by Gasteiger charge is -2.05. The Morgan fingerprint density at radius 2 is 2.00 bits per heavy atom. The SMILES string of the molecule is Nc1cc(Cl)cc(Cl)c1C(=O)CCl. The van der Waals surface area contributed by atoms with E-state index in [2.05, 4.69) is 0 Å². The second-order valence-electron chi connectivity index (χ2n) is 2.41. The lowest BCUT2D eigenvalue weighted by molar-refractivity contribution is 0.102. The second kappa shape index (κ2) is 4.18. The summed E-state index contributed by atoms with van der Waals surface area (Å²) < 4.78 is 0. The average molecular weight is 239 g/mol. The lowest BCUT2D eigenvalue weighted by atomic mass is 10.1. The first-order valence-electron chi connectivity index (χ1n) is 3.40. The van der Waals surface area contributed by atoms with E-state index in [4.69, 9.17) is 40.5 Å². The van der Waals surface area contributed by atoms with E-state index in [9.17, 15) is 4.79 Å². The van der Waals surface area contributed by atoms with Gasteiger partial charge in [-0.25, -0.2) is 0 Å². The number of hydrogen-bond donors (Lipinski definition) is 1. The predicted octanol–water partition coefficient (Wildman–Crippen LogP) is 3.00.